The van der Waals surface area contributed by atoms with E-state index in [1.807, 2.05) is 6.92 Å². The molecule has 3 nitrogen and oxygen atoms in total. The quantitative estimate of drug-likeness (QED) is 0.595. The molecule has 0 aliphatic heterocycles. The van der Waals surface area contributed by atoms with Gasteiger partial charge in [0.2, 0.25) is 0 Å². The van der Waals surface area contributed by atoms with E-state index in [9.17, 15) is 4.79 Å². The number of aliphatic carboxylic acids is 1. The van der Waals surface area contributed by atoms with Gasteiger partial charge in [-0.1, -0.05) is 6.92 Å². The van der Waals surface area contributed by atoms with Crippen molar-refractivity contribution in [2.24, 2.45) is 0 Å². The van der Waals surface area contributed by atoms with Gasteiger partial charge in [-0.2, -0.15) is 11.8 Å². The first-order valence-electron chi connectivity index (χ1n) is 3.64. The van der Waals surface area contributed by atoms with Gasteiger partial charge in [0.05, 0.1) is 12.5 Å². The molecule has 0 amide bonds. The second-order valence-corrected chi connectivity index (χ2v) is 3.43. The van der Waals surface area contributed by atoms with Gasteiger partial charge in [-0.3, -0.25) is 4.79 Å². The number of carboxylic acids is 1. The molecule has 0 spiro atoms. The summed E-state index contributed by atoms with van der Waals surface area (Å²) in [4.78, 5) is 10.0. The van der Waals surface area contributed by atoms with Gasteiger partial charge in [0.25, 0.3) is 0 Å². The van der Waals surface area contributed by atoms with Gasteiger partial charge in [0.1, 0.15) is 0 Å². The van der Waals surface area contributed by atoms with Crippen molar-refractivity contribution in [3.63, 3.8) is 0 Å². The zero-order chi connectivity index (χ0) is 8.69. The highest BCUT2D eigenvalue weighted by molar-refractivity contribution is 7.99. The highest BCUT2D eigenvalue weighted by Crippen LogP contribution is 2.06. The van der Waals surface area contributed by atoms with E-state index in [4.69, 9.17) is 10.2 Å². The normalized spacial score (nSPS) is 12.9. The Morgan fingerprint density at radius 2 is 2.27 bits per heavy atom. The number of thioether (sulfide) groups is 1. The second kappa shape index (κ2) is 6.49. The molecule has 0 aliphatic carbocycles. The van der Waals surface area contributed by atoms with Crippen molar-refractivity contribution in [2.45, 2.75) is 25.9 Å². The molecule has 0 aromatic rings. The third-order valence-corrected chi connectivity index (χ3v) is 2.36. The summed E-state index contributed by atoms with van der Waals surface area (Å²) in [5.74, 6) is 0.458. The summed E-state index contributed by atoms with van der Waals surface area (Å²) in [5.41, 5.74) is 0. The molecule has 2 N–H and O–H groups in total. The van der Waals surface area contributed by atoms with Crippen LogP contribution in [-0.4, -0.2) is 33.8 Å². The minimum atomic E-state index is -0.775. The molecular weight excluding hydrogens is 164 g/mol. The fourth-order valence-corrected chi connectivity index (χ4v) is 1.49. The number of hydrogen-bond donors (Lipinski definition) is 2. The van der Waals surface area contributed by atoms with Crippen molar-refractivity contribution in [1.82, 2.24) is 0 Å². The highest BCUT2D eigenvalue weighted by Gasteiger charge is 2.01. The van der Waals surface area contributed by atoms with Crippen molar-refractivity contribution in [3.8, 4) is 0 Å². The number of carbonyl (C=O) groups is 1. The molecule has 0 saturated heterocycles. The number of aliphatic hydroxyl groups is 1. The van der Waals surface area contributed by atoms with Gasteiger partial charge < -0.3 is 10.2 Å². The molecule has 0 heterocycles. The average molecular weight is 178 g/mol. The van der Waals surface area contributed by atoms with Crippen LogP contribution in [0.4, 0.5) is 0 Å². The lowest BCUT2D eigenvalue weighted by Gasteiger charge is -2.04. The first-order valence-corrected chi connectivity index (χ1v) is 4.80. The molecule has 0 radical (unpaired) electrons. The maximum Gasteiger partial charge on any atom is 0.304 e. The van der Waals surface area contributed by atoms with Crippen LogP contribution in [0.5, 0.6) is 0 Å². The molecule has 0 saturated carbocycles. The molecule has 0 fully saturated rings. The first-order chi connectivity index (χ1) is 5.16. The molecule has 11 heavy (non-hydrogen) atoms. The van der Waals surface area contributed by atoms with Crippen molar-refractivity contribution >= 4 is 17.7 Å². The van der Waals surface area contributed by atoms with E-state index in [1.165, 1.54) is 11.8 Å². The lowest BCUT2D eigenvalue weighted by molar-refractivity contribution is -0.136. The molecule has 0 aromatic heterocycles. The Morgan fingerprint density at radius 3 is 2.73 bits per heavy atom. The van der Waals surface area contributed by atoms with Crippen molar-refractivity contribution in [3.05, 3.63) is 0 Å². The zero-order valence-electron chi connectivity index (χ0n) is 6.62. The fraction of sp³-hybridized carbons (Fsp3) is 0.857. The fourth-order valence-electron chi connectivity index (χ4n) is 0.497. The Bertz CT molecular complexity index is 116. The van der Waals surface area contributed by atoms with Gasteiger partial charge in [-0.15, -0.1) is 0 Å². The van der Waals surface area contributed by atoms with E-state index in [2.05, 4.69) is 0 Å². The Labute approximate surface area is 70.8 Å². The number of rotatable bonds is 6. The van der Waals surface area contributed by atoms with E-state index in [-0.39, 0.29) is 12.5 Å². The van der Waals surface area contributed by atoms with Crippen molar-refractivity contribution in [1.29, 1.82) is 0 Å². The van der Waals surface area contributed by atoms with Crippen LogP contribution >= 0.6 is 11.8 Å². The Balaban J connectivity index is 3.08. The molecule has 4 heteroatoms. The summed E-state index contributed by atoms with van der Waals surface area (Å²) in [7, 11) is 0. The first kappa shape index (κ1) is 10.8. The Kier molecular flexibility index (Phi) is 6.36. The molecule has 0 aliphatic rings. The lowest BCUT2D eigenvalue weighted by Crippen LogP contribution is -2.08. The maximum atomic E-state index is 10.0. The Hall–Kier alpha value is -0.220. The molecular formula is C7H14O3S. The van der Waals surface area contributed by atoms with Gasteiger partial charge >= 0.3 is 5.97 Å². The average Bonchev–Trinajstić information content (AvgIpc) is 1.97. The van der Waals surface area contributed by atoms with Crippen LogP contribution < -0.4 is 0 Å². The predicted molar refractivity (Wildman–Crippen MR) is 45.9 cm³/mol. The molecule has 0 rings (SSSR count). The van der Waals surface area contributed by atoms with Gasteiger partial charge in [-0.05, 0) is 6.42 Å². The van der Waals surface area contributed by atoms with E-state index >= 15 is 0 Å². The van der Waals surface area contributed by atoms with Gasteiger partial charge in [0.15, 0.2) is 0 Å². The summed E-state index contributed by atoms with van der Waals surface area (Å²) in [6, 6.07) is 0. The zero-order valence-corrected chi connectivity index (χ0v) is 7.43. The minimum Gasteiger partial charge on any atom is -0.481 e. The standard InChI is InChI=1S/C7H14O3S/c1-2-6(8)5-11-4-3-7(9)10/h6,8H,2-5H2,1H3,(H,9,10). The molecule has 66 valence electrons. The van der Waals surface area contributed by atoms with Crippen LogP contribution in [0.3, 0.4) is 0 Å². The number of aliphatic hydroxyl groups excluding tert-OH is 1. The van der Waals surface area contributed by atoms with E-state index in [1.54, 1.807) is 0 Å². The third kappa shape index (κ3) is 7.68. The van der Waals surface area contributed by atoms with Crippen LogP contribution in [0.25, 0.3) is 0 Å². The molecule has 0 aromatic carbocycles. The van der Waals surface area contributed by atoms with E-state index in [0.29, 0.717) is 11.5 Å². The maximum absolute atomic E-state index is 10.0. The van der Waals surface area contributed by atoms with Crippen LogP contribution in [0.1, 0.15) is 19.8 Å². The lowest BCUT2D eigenvalue weighted by atomic mass is 10.3. The van der Waals surface area contributed by atoms with Crippen LogP contribution in [0, 0.1) is 0 Å². The Morgan fingerprint density at radius 1 is 1.64 bits per heavy atom. The van der Waals surface area contributed by atoms with E-state index < -0.39 is 5.97 Å². The topological polar surface area (TPSA) is 57.5 Å². The number of carboxylic acid groups (broad SMARTS) is 1. The van der Waals surface area contributed by atoms with Crippen LogP contribution in [-0.2, 0) is 4.79 Å². The van der Waals surface area contributed by atoms with Crippen molar-refractivity contribution in [2.75, 3.05) is 11.5 Å². The third-order valence-electron chi connectivity index (χ3n) is 1.24. The predicted octanol–water partition coefficient (Wildman–Crippen LogP) is 0.965. The molecule has 0 bridgehead atoms. The van der Waals surface area contributed by atoms with E-state index in [0.717, 1.165) is 6.42 Å². The van der Waals surface area contributed by atoms with Gasteiger partial charge in [-0.25, -0.2) is 0 Å². The summed E-state index contributed by atoms with van der Waals surface area (Å²) in [6.07, 6.45) is 0.634. The summed E-state index contributed by atoms with van der Waals surface area (Å²) in [5, 5.41) is 17.3. The summed E-state index contributed by atoms with van der Waals surface area (Å²) < 4.78 is 0. The summed E-state index contributed by atoms with van der Waals surface area (Å²) >= 11 is 1.48. The smallest absolute Gasteiger partial charge is 0.304 e. The van der Waals surface area contributed by atoms with Gasteiger partial charge in [0, 0.05) is 11.5 Å². The number of hydrogen-bond acceptors (Lipinski definition) is 3. The van der Waals surface area contributed by atoms with Crippen molar-refractivity contribution < 1.29 is 15.0 Å². The second-order valence-electron chi connectivity index (χ2n) is 2.28. The monoisotopic (exact) mass is 178 g/mol. The molecule has 1 atom stereocenters. The largest absolute Gasteiger partial charge is 0.481 e. The van der Waals surface area contributed by atoms with Crippen LogP contribution in [0.15, 0.2) is 0 Å². The molecule has 1 unspecified atom stereocenters. The summed E-state index contributed by atoms with van der Waals surface area (Å²) in [6.45, 7) is 1.91. The highest BCUT2D eigenvalue weighted by atomic mass is 32.2. The van der Waals surface area contributed by atoms with Crippen LogP contribution in [0.2, 0.25) is 0 Å². The minimum absolute atomic E-state index is 0.182. The SMILES string of the molecule is CCC(O)CSCCC(=O)O.